The van der Waals surface area contributed by atoms with Crippen molar-refractivity contribution in [3.05, 3.63) is 0 Å². The van der Waals surface area contributed by atoms with E-state index in [0.717, 1.165) is 0 Å². The molecule has 34 nitrogen and oxygen atoms in total. The van der Waals surface area contributed by atoms with E-state index >= 15 is 0 Å². The minimum Gasteiger partial charge on any atom is -0.370 e. The van der Waals surface area contributed by atoms with Crippen molar-refractivity contribution in [2.24, 2.45) is 62.0 Å². The SMILES string of the molecule is CC[C@H](C)[C@H](N)C(=O)N[C@@H](CC(C)C)C(=O)N1CCC[C@H]1C(=O)N[C@@H](C)C(=O)N[C@@H](CCCCN)C(=O)N[C@@H](C)C(=O)N1CCC[C@H]1C(=O)N[C@@H](C)C(=O)N[C@@H](C)C(=O)N1CCC[C@H]1C(=O)N[C@@H](C)C(=O)N[C@@H](CCCN=C(N)N)C(=O)N[C@@H](CCCN=C(N)N)C(N)=O. The molecule has 0 aromatic rings. The molecule has 0 unspecified atom stereocenters. The third-order valence-electron chi connectivity index (χ3n) is 16.9. The predicted molar refractivity (Wildman–Crippen MR) is 349 cm³/mol. The zero-order valence-electron chi connectivity index (χ0n) is 56.1. The van der Waals surface area contributed by atoms with Gasteiger partial charge in [0.25, 0.3) is 0 Å². The van der Waals surface area contributed by atoms with Crippen LogP contribution in [-0.2, 0) is 62.3 Å². The lowest BCUT2D eigenvalue weighted by molar-refractivity contribution is -0.143. The number of unbranched alkanes of at least 4 members (excludes halogenated alkanes) is 1. The minimum atomic E-state index is -1.24. The lowest BCUT2D eigenvalue weighted by Crippen LogP contribution is -2.59. The zero-order chi connectivity index (χ0) is 70.7. The van der Waals surface area contributed by atoms with Crippen LogP contribution in [0.2, 0.25) is 0 Å². The molecule has 23 N–H and O–H groups in total. The summed E-state index contributed by atoms with van der Waals surface area (Å²) in [5.74, 6) is -9.15. The Morgan fingerprint density at radius 2 is 0.777 bits per heavy atom. The van der Waals surface area contributed by atoms with Crippen LogP contribution in [0.1, 0.15) is 159 Å². The van der Waals surface area contributed by atoms with Crippen LogP contribution in [0.5, 0.6) is 0 Å². The van der Waals surface area contributed by atoms with E-state index in [1.807, 2.05) is 27.7 Å². The number of likely N-dealkylation sites (tertiary alicyclic amines) is 3. The lowest BCUT2D eigenvalue weighted by Gasteiger charge is -2.31. The highest BCUT2D eigenvalue weighted by Crippen LogP contribution is 2.23. The Morgan fingerprint density at radius 3 is 1.16 bits per heavy atom. The third kappa shape index (κ3) is 25.1. The van der Waals surface area contributed by atoms with E-state index in [-0.39, 0.29) is 101 Å². The van der Waals surface area contributed by atoms with Gasteiger partial charge in [-0.2, -0.15) is 0 Å². The molecule has 3 saturated heterocycles. The predicted octanol–water partition coefficient (Wildman–Crippen LogP) is -5.44. The highest BCUT2D eigenvalue weighted by molar-refractivity contribution is 6.00. The fourth-order valence-corrected chi connectivity index (χ4v) is 11.2. The van der Waals surface area contributed by atoms with Crippen molar-refractivity contribution in [3.63, 3.8) is 0 Å². The number of nitrogens with zero attached hydrogens (tertiary/aromatic N) is 5. The monoisotopic (exact) mass is 1330 g/mol. The number of carbonyl (C=O) groups is 13. The summed E-state index contributed by atoms with van der Waals surface area (Å²) in [5, 5.41) is 23.7. The van der Waals surface area contributed by atoms with E-state index in [2.05, 4.69) is 57.8 Å². The highest BCUT2D eigenvalue weighted by atomic mass is 16.2. The van der Waals surface area contributed by atoms with Gasteiger partial charge in [0, 0.05) is 32.7 Å². The molecule has 94 heavy (non-hydrogen) atoms. The van der Waals surface area contributed by atoms with Crippen molar-refractivity contribution in [3.8, 4) is 0 Å². The molecular weight excluding hydrogens is 1220 g/mol. The molecule has 3 aliphatic heterocycles. The maximum Gasteiger partial charge on any atom is 0.245 e. The molecule has 13 amide bonds. The molecule has 0 bridgehead atoms. The Morgan fingerprint density at radius 1 is 0.426 bits per heavy atom. The van der Waals surface area contributed by atoms with Crippen molar-refractivity contribution < 1.29 is 62.3 Å². The summed E-state index contributed by atoms with van der Waals surface area (Å²) < 4.78 is 0. The first-order valence-electron chi connectivity index (χ1n) is 32.7. The number of aliphatic imine (C=N–C) groups is 2. The quantitative estimate of drug-likeness (QED) is 0.0156. The number of rotatable bonds is 38. The molecule has 3 rings (SSSR count). The van der Waals surface area contributed by atoms with Gasteiger partial charge in [0.15, 0.2) is 11.9 Å². The van der Waals surface area contributed by atoms with Gasteiger partial charge in [-0.15, -0.1) is 0 Å². The summed E-state index contributed by atoms with van der Waals surface area (Å²) in [6.07, 6.45) is 4.63. The van der Waals surface area contributed by atoms with E-state index in [9.17, 15) is 62.3 Å². The maximum absolute atomic E-state index is 14.0. The normalized spacial score (nSPS) is 19.6. The molecule has 14 atom stereocenters. The number of nitrogens with one attached hydrogen (secondary N) is 9. The first kappa shape index (κ1) is 79.8. The summed E-state index contributed by atoms with van der Waals surface area (Å²) in [6.45, 7) is 15.7. The molecule has 0 aromatic carbocycles. The van der Waals surface area contributed by atoms with Gasteiger partial charge >= 0.3 is 0 Å². The van der Waals surface area contributed by atoms with E-state index < -0.39 is 155 Å². The first-order valence-corrected chi connectivity index (χ1v) is 32.7. The third-order valence-corrected chi connectivity index (χ3v) is 16.9. The number of hydrogen-bond acceptors (Lipinski definition) is 17. The van der Waals surface area contributed by atoms with Gasteiger partial charge in [-0.1, -0.05) is 34.1 Å². The van der Waals surface area contributed by atoms with Gasteiger partial charge in [0.1, 0.15) is 72.5 Å². The lowest BCUT2D eigenvalue weighted by atomic mass is 9.97. The highest BCUT2D eigenvalue weighted by Gasteiger charge is 2.43. The van der Waals surface area contributed by atoms with Crippen LogP contribution >= 0.6 is 0 Å². The van der Waals surface area contributed by atoms with Crippen LogP contribution in [0, 0.1) is 11.8 Å². The Kier molecular flexibility index (Phi) is 33.4. The average molecular weight is 1330 g/mol. The topological polar surface area (TPSA) is 547 Å². The van der Waals surface area contributed by atoms with Gasteiger partial charge in [0.2, 0.25) is 76.8 Å². The molecule has 0 spiro atoms. The first-order chi connectivity index (χ1) is 44.2. The average Bonchev–Trinajstić information content (AvgIpc) is 1.77. The Labute approximate surface area is 550 Å². The molecule has 34 heteroatoms. The van der Waals surface area contributed by atoms with Crippen LogP contribution in [-0.4, -0.2) is 221 Å². The largest absolute Gasteiger partial charge is 0.370 e. The molecule has 3 aliphatic rings. The second kappa shape index (κ2) is 39.3. The second-order valence-electron chi connectivity index (χ2n) is 25.1. The minimum absolute atomic E-state index is 0.00990. The van der Waals surface area contributed by atoms with Crippen LogP contribution in [0.25, 0.3) is 0 Å². The van der Waals surface area contributed by atoms with E-state index in [0.29, 0.717) is 57.9 Å². The summed E-state index contributed by atoms with van der Waals surface area (Å²) in [4.78, 5) is 188. The molecule has 530 valence electrons. The second-order valence-corrected chi connectivity index (χ2v) is 25.1. The Balaban J connectivity index is 1.60. The van der Waals surface area contributed by atoms with Crippen molar-refractivity contribution in [1.82, 2.24) is 62.6 Å². The number of carbonyl (C=O) groups excluding carboxylic acids is 13. The number of primary amides is 1. The van der Waals surface area contributed by atoms with Crippen molar-refractivity contribution in [2.75, 3.05) is 39.3 Å². The fourth-order valence-electron chi connectivity index (χ4n) is 11.2. The van der Waals surface area contributed by atoms with E-state index in [4.69, 9.17) is 40.1 Å². The summed E-state index contributed by atoms with van der Waals surface area (Å²) in [5.41, 5.74) is 39.1. The van der Waals surface area contributed by atoms with Crippen molar-refractivity contribution in [1.29, 1.82) is 0 Å². The van der Waals surface area contributed by atoms with Crippen LogP contribution in [0.15, 0.2) is 9.98 Å². The van der Waals surface area contributed by atoms with Gasteiger partial charge < -0.3 is 103 Å². The van der Waals surface area contributed by atoms with Crippen LogP contribution in [0.4, 0.5) is 0 Å². The summed E-state index contributed by atoms with van der Waals surface area (Å²) in [7, 11) is 0. The molecule has 3 heterocycles. The molecule has 3 fully saturated rings. The van der Waals surface area contributed by atoms with Gasteiger partial charge in [-0.3, -0.25) is 72.3 Å². The molecule has 0 aliphatic carbocycles. The standard InChI is InChI=1S/C60H107N21O13/c1-10-32(4)45(62)55(91)78-41(30-31(2)3)58(94)81-29-17-23-44(81)54(90)72-34(6)48(84)76-39(18-11-12-24-61)50(86)74-37(9)57(93)80-28-16-21-42(80)52(88)70-33(5)47(83)73-36(8)56(92)79-27-15-22-43(79)53(89)71-35(7)49(85)77-40(20-14-26-69-60(66)67)51(87)75-38(46(63)82)19-13-25-68-59(64)65/h31-45H,10-30,61-62H2,1-9H3,(H2,63,82)(H,70,88)(H,71,89)(H,72,90)(H,73,83)(H,74,86)(H,75,87)(H,76,84)(H,77,85)(H,78,91)(H4,64,65,68)(H4,66,67,69)/t32-,33-,34-,35-,36-,37-,38-,39-,40-,41-,42-,43-,44-,45-/m0/s1. The number of amides is 13. The summed E-state index contributed by atoms with van der Waals surface area (Å²) >= 11 is 0. The zero-order valence-corrected chi connectivity index (χ0v) is 56.1. The number of guanidine groups is 2. The van der Waals surface area contributed by atoms with Crippen LogP contribution in [0.3, 0.4) is 0 Å². The maximum atomic E-state index is 14.0. The van der Waals surface area contributed by atoms with Crippen LogP contribution < -0.4 is 88.0 Å². The molecule has 0 aromatic heterocycles. The van der Waals surface area contributed by atoms with E-state index in [1.165, 1.54) is 49.3 Å². The fraction of sp³-hybridized carbons (Fsp3) is 0.750. The Hall–Kier alpha value is -8.43. The molecule has 0 saturated carbocycles. The summed E-state index contributed by atoms with van der Waals surface area (Å²) in [6, 6.07) is -14.4. The van der Waals surface area contributed by atoms with Gasteiger partial charge in [0.05, 0.1) is 6.04 Å². The molecule has 0 radical (unpaired) electrons. The smallest absolute Gasteiger partial charge is 0.245 e. The molecular formula is C60H107N21O13. The Bertz CT molecular complexity index is 2710. The van der Waals surface area contributed by atoms with Gasteiger partial charge in [-0.25, -0.2) is 0 Å². The van der Waals surface area contributed by atoms with Gasteiger partial charge in [-0.05, 0) is 143 Å². The number of nitrogens with two attached hydrogens (primary N) is 7. The number of hydrogen-bond donors (Lipinski definition) is 16. The van der Waals surface area contributed by atoms with Crippen molar-refractivity contribution in [2.45, 2.75) is 237 Å². The van der Waals surface area contributed by atoms with E-state index in [1.54, 1.807) is 0 Å². The van der Waals surface area contributed by atoms with Crippen molar-refractivity contribution >= 4 is 88.7 Å².